The summed E-state index contributed by atoms with van der Waals surface area (Å²) in [7, 11) is 0. The van der Waals surface area contributed by atoms with Crippen molar-refractivity contribution < 1.29 is 0 Å². The fraction of sp³-hybridized carbons (Fsp3) is 0.600. The molecule has 0 amide bonds. The Morgan fingerprint density at radius 1 is 1.29 bits per heavy atom. The van der Waals surface area contributed by atoms with E-state index in [1.807, 2.05) is 0 Å². The number of hydrogen-bond acceptors (Lipinski definition) is 2. The van der Waals surface area contributed by atoms with Crippen LogP contribution in [0.1, 0.15) is 30.9 Å². The number of piperazine rings is 1. The number of benzene rings is 1. The number of nitrogens with one attached hydrogen (secondary N) is 1. The van der Waals surface area contributed by atoms with Crippen LogP contribution in [0.3, 0.4) is 0 Å². The predicted octanol–water partition coefficient (Wildman–Crippen LogP) is 2.19. The van der Waals surface area contributed by atoms with E-state index in [1.165, 1.54) is 32.4 Å². The lowest BCUT2D eigenvalue weighted by atomic mass is 9.91. The molecule has 17 heavy (non-hydrogen) atoms. The Bertz CT molecular complexity index is 388. The summed E-state index contributed by atoms with van der Waals surface area (Å²) in [5.41, 5.74) is 3.10. The molecule has 0 saturated carbocycles. The average molecular weight is 230 g/mol. The van der Waals surface area contributed by atoms with Gasteiger partial charge in [-0.15, -0.1) is 0 Å². The molecule has 0 aliphatic carbocycles. The van der Waals surface area contributed by atoms with Crippen molar-refractivity contribution in [2.75, 3.05) is 13.1 Å². The minimum absolute atomic E-state index is 0.710. The van der Waals surface area contributed by atoms with Gasteiger partial charge >= 0.3 is 0 Å². The summed E-state index contributed by atoms with van der Waals surface area (Å²) >= 11 is 0. The van der Waals surface area contributed by atoms with Crippen LogP contribution >= 0.6 is 0 Å². The van der Waals surface area contributed by atoms with E-state index in [9.17, 15) is 0 Å². The van der Waals surface area contributed by atoms with Crippen LogP contribution in [-0.2, 0) is 13.0 Å². The molecule has 2 heterocycles. The van der Waals surface area contributed by atoms with Crippen LogP contribution in [-0.4, -0.2) is 30.1 Å². The predicted molar refractivity (Wildman–Crippen MR) is 71.0 cm³/mol. The molecule has 2 heteroatoms. The van der Waals surface area contributed by atoms with Crippen molar-refractivity contribution in [2.45, 2.75) is 44.8 Å². The third-order valence-electron chi connectivity index (χ3n) is 4.20. The topological polar surface area (TPSA) is 15.3 Å². The summed E-state index contributed by atoms with van der Waals surface area (Å²) in [6.07, 6.45) is 3.82. The van der Waals surface area contributed by atoms with Gasteiger partial charge in [0.05, 0.1) is 0 Å². The van der Waals surface area contributed by atoms with Crippen LogP contribution in [0.15, 0.2) is 24.3 Å². The van der Waals surface area contributed by atoms with E-state index in [0.29, 0.717) is 6.04 Å². The quantitative estimate of drug-likeness (QED) is 0.838. The van der Waals surface area contributed by atoms with Crippen LogP contribution in [0.4, 0.5) is 0 Å². The lowest BCUT2D eigenvalue weighted by Gasteiger charge is -2.43. The Kier molecular flexibility index (Phi) is 3.17. The average Bonchev–Trinajstić information content (AvgIpc) is 2.36. The first-order valence-electron chi connectivity index (χ1n) is 6.91. The van der Waals surface area contributed by atoms with Gasteiger partial charge in [-0.3, -0.25) is 4.90 Å². The highest BCUT2D eigenvalue weighted by molar-refractivity contribution is 5.30. The summed E-state index contributed by atoms with van der Waals surface area (Å²) in [6, 6.07) is 10.4. The second-order valence-electron chi connectivity index (χ2n) is 5.45. The molecule has 1 N–H and O–H groups in total. The molecule has 3 rings (SSSR count). The number of nitrogens with zero attached hydrogens (tertiary/aromatic N) is 1. The largest absolute Gasteiger partial charge is 0.311 e. The molecule has 92 valence electrons. The van der Waals surface area contributed by atoms with Crippen LogP contribution < -0.4 is 5.32 Å². The molecule has 2 atom stereocenters. The maximum absolute atomic E-state index is 3.71. The van der Waals surface area contributed by atoms with Gasteiger partial charge in [0.15, 0.2) is 0 Å². The highest BCUT2D eigenvalue weighted by Gasteiger charge is 2.31. The summed E-state index contributed by atoms with van der Waals surface area (Å²) in [5.74, 6) is 0. The minimum atomic E-state index is 0.710. The molecule has 2 aliphatic heterocycles. The molecule has 1 aromatic rings. The monoisotopic (exact) mass is 230 g/mol. The lowest BCUT2D eigenvalue weighted by molar-refractivity contribution is 0.108. The standard InChI is InChI=1S/C15H22N2/c1-2-5-14-11-17-10-13-7-4-3-6-12(13)8-15(17)9-16-14/h3-4,6-7,14-16H,2,5,8-11H2,1H3/t14-,15+/m1/s1. The zero-order chi connectivity index (χ0) is 11.7. The molecule has 1 fully saturated rings. The zero-order valence-corrected chi connectivity index (χ0v) is 10.7. The van der Waals surface area contributed by atoms with E-state index >= 15 is 0 Å². The van der Waals surface area contributed by atoms with Crippen LogP contribution in [0.2, 0.25) is 0 Å². The molecule has 0 bridgehead atoms. The van der Waals surface area contributed by atoms with Gasteiger partial charge in [-0.25, -0.2) is 0 Å². The van der Waals surface area contributed by atoms with Gasteiger partial charge in [-0.05, 0) is 24.0 Å². The maximum atomic E-state index is 3.71. The molecular weight excluding hydrogens is 208 g/mol. The Labute approximate surface area is 104 Å². The van der Waals surface area contributed by atoms with E-state index < -0.39 is 0 Å². The zero-order valence-electron chi connectivity index (χ0n) is 10.7. The van der Waals surface area contributed by atoms with Crippen molar-refractivity contribution in [2.24, 2.45) is 0 Å². The minimum Gasteiger partial charge on any atom is -0.311 e. The van der Waals surface area contributed by atoms with E-state index in [1.54, 1.807) is 11.1 Å². The summed E-state index contributed by atoms with van der Waals surface area (Å²) < 4.78 is 0. The SMILES string of the molecule is CCC[C@@H]1CN2Cc3ccccc3C[C@H]2CN1. The smallest absolute Gasteiger partial charge is 0.0265 e. The van der Waals surface area contributed by atoms with E-state index in [0.717, 1.165) is 12.6 Å². The molecule has 1 aromatic carbocycles. The van der Waals surface area contributed by atoms with Crippen molar-refractivity contribution in [3.8, 4) is 0 Å². The Balaban J connectivity index is 1.74. The van der Waals surface area contributed by atoms with Gasteiger partial charge in [-0.2, -0.15) is 0 Å². The van der Waals surface area contributed by atoms with Crippen LogP contribution in [0, 0.1) is 0 Å². The summed E-state index contributed by atoms with van der Waals surface area (Å²) in [6.45, 7) is 5.83. The molecule has 0 radical (unpaired) electrons. The van der Waals surface area contributed by atoms with Gasteiger partial charge in [0.1, 0.15) is 0 Å². The highest BCUT2D eigenvalue weighted by Crippen LogP contribution is 2.25. The molecule has 2 aliphatic rings. The first kappa shape index (κ1) is 11.2. The summed E-state index contributed by atoms with van der Waals surface area (Å²) in [4.78, 5) is 2.68. The van der Waals surface area contributed by atoms with Crippen molar-refractivity contribution in [1.82, 2.24) is 10.2 Å². The first-order chi connectivity index (χ1) is 8.36. The van der Waals surface area contributed by atoms with E-state index in [2.05, 4.69) is 41.4 Å². The van der Waals surface area contributed by atoms with Gasteiger partial charge in [0, 0.05) is 31.7 Å². The van der Waals surface area contributed by atoms with Crippen LogP contribution in [0.5, 0.6) is 0 Å². The van der Waals surface area contributed by atoms with Crippen molar-refractivity contribution in [3.05, 3.63) is 35.4 Å². The third-order valence-corrected chi connectivity index (χ3v) is 4.20. The molecule has 2 nitrogen and oxygen atoms in total. The second kappa shape index (κ2) is 4.79. The number of rotatable bonds is 2. The first-order valence-corrected chi connectivity index (χ1v) is 6.91. The summed E-state index contributed by atoms with van der Waals surface area (Å²) in [5, 5.41) is 3.71. The third kappa shape index (κ3) is 2.24. The fourth-order valence-electron chi connectivity index (χ4n) is 3.25. The van der Waals surface area contributed by atoms with Crippen molar-refractivity contribution in [3.63, 3.8) is 0 Å². The van der Waals surface area contributed by atoms with Gasteiger partial charge in [0.25, 0.3) is 0 Å². The lowest BCUT2D eigenvalue weighted by Crippen LogP contribution is -2.58. The molecular formula is C15H22N2. The van der Waals surface area contributed by atoms with Crippen molar-refractivity contribution >= 4 is 0 Å². The van der Waals surface area contributed by atoms with Gasteiger partial charge < -0.3 is 5.32 Å². The molecule has 0 unspecified atom stereocenters. The van der Waals surface area contributed by atoms with E-state index in [-0.39, 0.29) is 0 Å². The molecule has 1 saturated heterocycles. The normalized spacial score (nSPS) is 28.5. The van der Waals surface area contributed by atoms with Gasteiger partial charge in [0.2, 0.25) is 0 Å². The number of fused-ring (bicyclic) bond motifs is 2. The Morgan fingerprint density at radius 3 is 2.94 bits per heavy atom. The fourth-order valence-corrected chi connectivity index (χ4v) is 3.25. The Morgan fingerprint density at radius 2 is 2.12 bits per heavy atom. The van der Waals surface area contributed by atoms with E-state index in [4.69, 9.17) is 0 Å². The maximum Gasteiger partial charge on any atom is 0.0265 e. The van der Waals surface area contributed by atoms with Gasteiger partial charge in [-0.1, -0.05) is 37.6 Å². The number of hydrogen-bond donors (Lipinski definition) is 1. The van der Waals surface area contributed by atoms with Crippen LogP contribution in [0.25, 0.3) is 0 Å². The second-order valence-corrected chi connectivity index (χ2v) is 5.45. The Hall–Kier alpha value is -0.860. The van der Waals surface area contributed by atoms with Crippen molar-refractivity contribution in [1.29, 1.82) is 0 Å². The molecule has 0 aromatic heterocycles. The molecule has 0 spiro atoms. The highest BCUT2D eigenvalue weighted by atomic mass is 15.2.